The highest BCUT2D eigenvalue weighted by molar-refractivity contribution is 8.11. The highest BCUT2D eigenvalue weighted by Crippen LogP contribution is 2.36. The Kier molecular flexibility index (Phi) is 5.61. The fourth-order valence-electron chi connectivity index (χ4n) is 3.35. The zero-order valence-electron chi connectivity index (χ0n) is 13.4. The highest BCUT2D eigenvalue weighted by Gasteiger charge is 2.30. The summed E-state index contributed by atoms with van der Waals surface area (Å²) in [6, 6.07) is 3.66. The molecule has 0 unspecified atom stereocenters. The zero-order chi connectivity index (χ0) is 16.1. The van der Waals surface area contributed by atoms with Gasteiger partial charge in [0.25, 0.3) is 0 Å². The molecule has 2 bridgehead atoms. The van der Waals surface area contributed by atoms with Crippen molar-refractivity contribution in [3.8, 4) is 0 Å². The largest absolute Gasteiger partial charge is 0.314 e. The van der Waals surface area contributed by atoms with E-state index in [1.807, 2.05) is 19.1 Å². The Morgan fingerprint density at radius 2 is 2.04 bits per heavy atom. The van der Waals surface area contributed by atoms with Gasteiger partial charge in [0.15, 0.2) is 0 Å². The molecule has 0 atom stereocenters. The van der Waals surface area contributed by atoms with Crippen molar-refractivity contribution in [2.45, 2.75) is 39.0 Å². The SMILES string of the molecule is CC/C(=N\NC(=O)SN1CC2CCC(CC2)C1)c1cccnn1. The first-order valence-corrected chi connectivity index (χ1v) is 9.09. The van der Waals surface area contributed by atoms with Crippen LogP contribution in [0.4, 0.5) is 4.79 Å². The minimum atomic E-state index is -0.124. The van der Waals surface area contributed by atoms with Gasteiger partial charge in [0.2, 0.25) is 0 Å². The van der Waals surface area contributed by atoms with E-state index in [2.05, 4.69) is 25.0 Å². The quantitative estimate of drug-likeness (QED) is 0.521. The maximum absolute atomic E-state index is 12.2. The summed E-state index contributed by atoms with van der Waals surface area (Å²) in [6.07, 6.45) is 7.57. The van der Waals surface area contributed by atoms with Gasteiger partial charge in [-0.15, -0.1) is 5.10 Å². The van der Waals surface area contributed by atoms with Crippen LogP contribution >= 0.6 is 11.9 Å². The van der Waals surface area contributed by atoms with Crippen molar-refractivity contribution < 1.29 is 4.79 Å². The summed E-state index contributed by atoms with van der Waals surface area (Å²) in [5, 5.41) is 12.0. The summed E-state index contributed by atoms with van der Waals surface area (Å²) in [6.45, 7) is 4.02. The molecule has 2 aliphatic heterocycles. The predicted octanol–water partition coefficient (Wildman–Crippen LogP) is 3.07. The van der Waals surface area contributed by atoms with Gasteiger partial charge in [0, 0.05) is 31.2 Å². The normalized spacial score (nSPS) is 25.2. The van der Waals surface area contributed by atoms with E-state index < -0.39 is 0 Å². The Morgan fingerprint density at radius 1 is 1.35 bits per heavy atom. The third-order valence-electron chi connectivity index (χ3n) is 4.59. The van der Waals surface area contributed by atoms with Crippen LogP contribution in [-0.2, 0) is 0 Å². The lowest BCUT2D eigenvalue weighted by molar-refractivity contribution is 0.260. The lowest BCUT2D eigenvalue weighted by atomic mass is 9.84. The maximum atomic E-state index is 12.2. The van der Waals surface area contributed by atoms with E-state index in [1.165, 1.54) is 37.6 Å². The van der Waals surface area contributed by atoms with Crippen molar-refractivity contribution in [2.75, 3.05) is 13.1 Å². The van der Waals surface area contributed by atoms with Crippen LogP contribution in [-0.4, -0.2) is 38.5 Å². The Bertz CT molecular complexity index is 543. The second kappa shape index (κ2) is 7.88. The molecule has 0 spiro atoms. The Hall–Kier alpha value is -1.47. The fourth-order valence-corrected chi connectivity index (χ4v) is 4.24. The van der Waals surface area contributed by atoms with Crippen molar-refractivity contribution in [2.24, 2.45) is 16.9 Å². The van der Waals surface area contributed by atoms with Crippen molar-refractivity contribution >= 4 is 22.9 Å². The summed E-state index contributed by atoms with van der Waals surface area (Å²) in [4.78, 5) is 12.2. The molecule has 1 aliphatic carbocycles. The second-order valence-electron chi connectivity index (χ2n) is 6.25. The van der Waals surface area contributed by atoms with Crippen LogP contribution in [0.1, 0.15) is 44.7 Å². The van der Waals surface area contributed by atoms with Gasteiger partial charge in [-0.05, 0) is 56.1 Å². The van der Waals surface area contributed by atoms with Crippen LogP contribution in [0, 0.1) is 11.8 Å². The molecule has 23 heavy (non-hydrogen) atoms. The number of hydrazone groups is 1. The number of amides is 1. The summed E-state index contributed by atoms with van der Waals surface area (Å²) in [7, 11) is 0. The number of rotatable bonds is 4. The van der Waals surface area contributed by atoms with E-state index in [0.29, 0.717) is 12.1 Å². The number of nitrogens with one attached hydrogen (secondary N) is 1. The lowest BCUT2D eigenvalue weighted by Crippen LogP contribution is -2.27. The van der Waals surface area contributed by atoms with Gasteiger partial charge in [-0.1, -0.05) is 6.92 Å². The molecule has 1 N–H and O–H groups in total. The number of carbonyl (C=O) groups excluding carboxylic acids is 1. The molecule has 6 nitrogen and oxygen atoms in total. The van der Waals surface area contributed by atoms with Crippen LogP contribution in [0.15, 0.2) is 23.4 Å². The molecule has 4 rings (SSSR count). The molecular weight excluding hydrogens is 310 g/mol. The first kappa shape index (κ1) is 16.4. The van der Waals surface area contributed by atoms with Crippen LogP contribution < -0.4 is 5.43 Å². The minimum Gasteiger partial charge on any atom is -0.259 e. The molecule has 124 valence electrons. The number of hydrogen-bond donors (Lipinski definition) is 1. The first-order chi connectivity index (χ1) is 11.2. The monoisotopic (exact) mass is 333 g/mol. The minimum absolute atomic E-state index is 0.124. The zero-order valence-corrected chi connectivity index (χ0v) is 14.3. The van der Waals surface area contributed by atoms with E-state index in [0.717, 1.165) is 30.6 Å². The molecule has 1 aromatic heterocycles. The lowest BCUT2D eigenvalue weighted by Gasteiger charge is -2.21. The van der Waals surface area contributed by atoms with Gasteiger partial charge < -0.3 is 0 Å². The molecule has 2 saturated heterocycles. The topological polar surface area (TPSA) is 70.5 Å². The number of aromatic nitrogens is 2. The summed E-state index contributed by atoms with van der Waals surface area (Å²) >= 11 is 1.27. The van der Waals surface area contributed by atoms with Crippen LogP contribution in [0.25, 0.3) is 0 Å². The molecule has 3 heterocycles. The highest BCUT2D eigenvalue weighted by atomic mass is 32.2. The van der Waals surface area contributed by atoms with E-state index in [-0.39, 0.29) is 5.24 Å². The fraction of sp³-hybridized carbons (Fsp3) is 0.625. The van der Waals surface area contributed by atoms with Crippen molar-refractivity contribution in [3.63, 3.8) is 0 Å². The number of fused-ring (bicyclic) bond motifs is 4. The van der Waals surface area contributed by atoms with Gasteiger partial charge >= 0.3 is 5.24 Å². The average Bonchev–Trinajstić information content (AvgIpc) is 2.88. The molecule has 7 heteroatoms. The number of carbonyl (C=O) groups is 1. The van der Waals surface area contributed by atoms with Crippen LogP contribution in [0.3, 0.4) is 0 Å². The smallest absolute Gasteiger partial charge is 0.259 e. The number of nitrogens with zero attached hydrogens (tertiary/aromatic N) is 4. The van der Waals surface area contributed by atoms with Gasteiger partial charge in [0.05, 0.1) is 5.71 Å². The Morgan fingerprint density at radius 3 is 2.61 bits per heavy atom. The standard InChI is InChI=1S/C16H23N5OS/c1-2-14(15-4-3-9-17-18-15)19-20-16(22)23-21-10-12-5-6-13(11-21)8-7-12/h3-4,9,12-13H,2,5-8,10-11H2,1H3,(H,20,22)/b19-14+. The Balaban J connectivity index is 1.55. The summed E-state index contributed by atoms with van der Waals surface area (Å²) in [5.41, 5.74) is 4.09. The van der Waals surface area contributed by atoms with Crippen molar-refractivity contribution in [1.29, 1.82) is 0 Å². The second-order valence-corrected chi connectivity index (χ2v) is 7.31. The van der Waals surface area contributed by atoms with Gasteiger partial charge in [-0.2, -0.15) is 10.2 Å². The van der Waals surface area contributed by atoms with E-state index in [1.54, 1.807) is 6.20 Å². The molecule has 1 amide bonds. The third-order valence-corrected chi connectivity index (χ3v) is 5.40. The van der Waals surface area contributed by atoms with E-state index in [9.17, 15) is 4.79 Å². The Labute approximate surface area is 141 Å². The summed E-state index contributed by atoms with van der Waals surface area (Å²) < 4.78 is 2.22. The molecule has 3 aliphatic rings. The van der Waals surface area contributed by atoms with Gasteiger partial charge in [0.1, 0.15) is 5.69 Å². The van der Waals surface area contributed by atoms with Crippen molar-refractivity contribution in [1.82, 2.24) is 19.9 Å². The average molecular weight is 333 g/mol. The third kappa shape index (κ3) is 4.51. The first-order valence-electron chi connectivity index (χ1n) is 8.32. The molecule has 1 saturated carbocycles. The summed E-state index contributed by atoms with van der Waals surface area (Å²) in [5.74, 6) is 1.51. The molecule has 0 aromatic carbocycles. The van der Waals surface area contributed by atoms with Gasteiger partial charge in [-0.3, -0.25) is 4.79 Å². The molecule has 0 radical (unpaired) electrons. The van der Waals surface area contributed by atoms with Crippen LogP contribution in [0.5, 0.6) is 0 Å². The van der Waals surface area contributed by atoms with Crippen LogP contribution in [0.2, 0.25) is 0 Å². The van der Waals surface area contributed by atoms with E-state index >= 15 is 0 Å². The van der Waals surface area contributed by atoms with Crippen molar-refractivity contribution in [3.05, 3.63) is 24.0 Å². The van der Waals surface area contributed by atoms with E-state index in [4.69, 9.17) is 0 Å². The maximum Gasteiger partial charge on any atom is 0.314 e. The van der Waals surface area contributed by atoms with Gasteiger partial charge in [-0.25, -0.2) is 9.73 Å². The molecular formula is C16H23N5OS. The molecule has 1 aromatic rings. The molecule has 3 fully saturated rings. The predicted molar refractivity (Wildman–Crippen MR) is 92.0 cm³/mol. The number of hydrogen-bond acceptors (Lipinski definition) is 6.